The molecule has 3 fully saturated rings. The average Bonchev–Trinajstić information content (AvgIpc) is 3.72. The van der Waals surface area contributed by atoms with Gasteiger partial charge in [0.2, 0.25) is 5.88 Å². The van der Waals surface area contributed by atoms with Crippen molar-refractivity contribution < 1.29 is 23.4 Å². The average molecular weight is 732 g/mol. The molecule has 4 aromatic rings. The number of hydrogen-bond acceptors (Lipinski definition) is 12. The monoisotopic (exact) mass is 731 g/mol. The summed E-state index contributed by atoms with van der Waals surface area (Å²) in [5.41, 5.74) is 4.80. The van der Waals surface area contributed by atoms with Gasteiger partial charge in [-0.2, -0.15) is 9.97 Å². The summed E-state index contributed by atoms with van der Waals surface area (Å²) < 4.78 is 44.2. The van der Waals surface area contributed by atoms with Gasteiger partial charge in [0.05, 0.1) is 17.1 Å². The van der Waals surface area contributed by atoms with Gasteiger partial charge in [0, 0.05) is 50.0 Å². The molecule has 0 aliphatic carbocycles. The van der Waals surface area contributed by atoms with Crippen molar-refractivity contribution in [3.8, 4) is 41.2 Å². The number of aromatic nitrogens is 3. The second-order valence-corrected chi connectivity index (χ2v) is 12.9. The zero-order valence-electron chi connectivity index (χ0n) is 31.3. The number of ether oxygens (including phenoxy) is 2. The van der Waals surface area contributed by atoms with Crippen molar-refractivity contribution in [1.29, 1.82) is 0 Å². The number of fused-ring (bicyclic) bond motifs is 4. The summed E-state index contributed by atoms with van der Waals surface area (Å²) in [4.78, 5) is 18.7. The van der Waals surface area contributed by atoms with Gasteiger partial charge in [0.15, 0.2) is 5.82 Å². The molecule has 1 atom stereocenters. The van der Waals surface area contributed by atoms with E-state index in [1.807, 2.05) is 27.7 Å². The van der Waals surface area contributed by atoms with Crippen molar-refractivity contribution in [3.63, 3.8) is 0 Å². The molecule has 0 unspecified atom stereocenters. The molecule has 284 valence electrons. The van der Waals surface area contributed by atoms with E-state index in [1.165, 1.54) is 35.5 Å². The molecule has 0 amide bonds. The number of pyridine rings is 1. The normalized spacial score (nSPS) is 18.2. The number of terminal acetylenes is 1. The summed E-state index contributed by atoms with van der Waals surface area (Å²) in [5, 5.41) is 16.4. The first-order chi connectivity index (χ1) is 25.7. The van der Waals surface area contributed by atoms with E-state index in [-0.39, 0.29) is 63.6 Å². The lowest BCUT2D eigenvalue weighted by Gasteiger charge is -2.35. The third-order valence-electron chi connectivity index (χ3n) is 9.80. The molecule has 53 heavy (non-hydrogen) atoms. The summed E-state index contributed by atoms with van der Waals surface area (Å²) in [6.45, 7) is 12.8. The minimum atomic E-state index is -0.759. The maximum atomic E-state index is 16.8. The Bertz CT molecular complexity index is 1970. The number of hydrogen-bond donors (Lipinski definition) is 4. The predicted molar refractivity (Wildman–Crippen MR) is 206 cm³/mol. The lowest BCUT2D eigenvalue weighted by atomic mass is 9.95. The van der Waals surface area contributed by atoms with Crippen LogP contribution in [0, 0.1) is 24.0 Å². The summed E-state index contributed by atoms with van der Waals surface area (Å²) in [7, 11) is 1.70. The Labute approximate surface area is 310 Å². The second-order valence-electron chi connectivity index (χ2n) is 12.9. The minimum absolute atomic E-state index is 0.0125. The van der Waals surface area contributed by atoms with Gasteiger partial charge in [-0.05, 0) is 62.4 Å². The number of phenols is 1. The zero-order chi connectivity index (χ0) is 38.3. The van der Waals surface area contributed by atoms with Gasteiger partial charge in [-0.25, -0.2) is 19.6 Å². The molecule has 6 N–H and O–H groups in total. The Morgan fingerprint density at radius 3 is 2.51 bits per heavy atom. The molecule has 12 nitrogen and oxygen atoms in total. The smallest absolute Gasteiger partial charge is 0.319 e. The SMILES string of the molecule is C#Cc1c(F)ccc2cc(O)cc(-c3nc4c5c(nc(OCC67CCCN6CCC7)nc5c3F)N3CCNC[C@H]3CO4)c12.CC.CC.CN(N)/C=C\N. The highest BCUT2D eigenvalue weighted by atomic mass is 19.1. The fourth-order valence-corrected chi connectivity index (χ4v) is 7.57. The van der Waals surface area contributed by atoms with Gasteiger partial charge < -0.3 is 35.5 Å². The molecule has 3 saturated heterocycles. The van der Waals surface area contributed by atoms with Crippen LogP contribution in [-0.2, 0) is 0 Å². The van der Waals surface area contributed by atoms with E-state index in [0.29, 0.717) is 36.3 Å². The molecule has 8 rings (SSSR count). The first-order valence-electron chi connectivity index (χ1n) is 18.4. The van der Waals surface area contributed by atoms with E-state index in [1.54, 1.807) is 13.2 Å². The van der Waals surface area contributed by atoms with Gasteiger partial charge in [0.1, 0.15) is 47.2 Å². The number of aromatic hydroxyl groups is 1. The van der Waals surface area contributed by atoms with Crippen molar-refractivity contribution in [3.05, 3.63) is 53.9 Å². The summed E-state index contributed by atoms with van der Waals surface area (Å²) >= 11 is 0. The summed E-state index contributed by atoms with van der Waals surface area (Å²) in [6, 6.07) is 5.53. The van der Waals surface area contributed by atoms with Gasteiger partial charge >= 0.3 is 6.01 Å². The fraction of sp³-hybridized carbons (Fsp3) is 0.462. The summed E-state index contributed by atoms with van der Waals surface area (Å²) in [5.74, 6) is 6.60. The number of nitrogens with zero attached hydrogens (tertiary/aromatic N) is 6. The van der Waals surface area contributed by atoms with Crippen molar-refractivity contribution in [2.75, 3.05) is 57.9 Å². The standard InChI is InChI=1S/C32H30F2N6O3.C3H9N3.2C2H6/c1-2-21-23(33)6-5-18-13-20(41)14-22(24(18)21)27-26(34)28-25-29(40-12-9-35-15-19(40)16-42-30(25)36-27)38-31(37-28)43-17-32-7-3-10-39(32)11-4-8-32;1-6(5)3-2-4;2*1-2/h1,5-6,13-14,19,35,41H,3-4,7-12,15-17H2;2-3H,4-5H2,1H3;2*1-2H3/b;3-2-;;/t19-;;;/m0.../s1. The Morgan fingerprint density at radius 2 is 1.85 bits per heavy atom. The first-order valence-corrected chi connectivity index (χ1v) is 18.4. The summed E-state index contributed by atoms with van der Waals surface area (Å²) in [6.07, 6.45) is 13.0. The first kappa shape index (κ1) is 39.2. The van der Waals surface area contributed by atoms with Gasteiger partial charge in [-0.15, -0.1) is 6.42 Å². The minimum Gasteiger partial charge on any atom is -0.508 e. The fourth-order valence-electron chi connectivity index (χ4n) is 7.57. The van der Waals surface area contributed by atoms with Crippen LogP contribution in [0.15, 0.2) is 36.7 Å². The molecule has 0 bridgehead atoms. The van der Waals surface area contributed by atoms with Crippen LogP contribution in [0.2, 0.25) is 0 Å². The highest BCUT2D eigenvalue weighted by Crippen LogP contribution is 2.44. The van der Waals surface area contributed by atoms with Crippen LogP contribution < -0.4 is 31.3 Å². The number of hydrazine groups is 1. The van der Waals surface area contributed by atoms with E-state index in [0.717, 1.165) is 45.3 Å². The van der Waals surface area contributed by atoms with Gasteiger partial charge in [0.25, 0.3) is 0 Å². The quantitative estimate of drug-likeness (QED) is 0.120. The van der Waals surface area contributed by atoms with E-state index < -0.39 is 11.6 Å². The van der Waals surface area contributed by atoms with E-state index >= 15 is 4.39 Å². The molecule has 0 saturated carbocycles. The van der Waals surface area contributed by atoms with Crippen LogP contribution in [0.5, 0.6) is 17.6 Å². The van der Waals surface area contributed by atoms with Gasteiger partial charge in [-0.3, -0.25) is 4.90 Å². The van der Waals surface area contributed by atoms with Crippen LogP contribution in [0.1, 0.15) is 58.9 Å². The van der Waals surface area contributed by atoms with Crippen LogP contribution >= 0.6 is 0 Å². The number of nitrogens with one attached hydrogen (secondary N) is 1. The van der Waals surface area contributed by atoms with E-state index in [9.17, 15) is 9.50 Å². The third-order valence-corrected chi connectivity index (χ3v) is 9.80. The Kier molecular flexibility index (Phi) is 12.8. The van der Waals surface area contributed by atoms with Crippen molar-refractivity contribution in [2.45, 2.75) is 65.0 Å². The Morgan fingerprint density at radius 1 is 1.11 bits per heavy atom. The number of anilines is 1. The van der Waals surface area contributed by atoms with Crippen LogP contribution in [0.25, 0.3) is 32.9 Å². The molecule has 0 radical (unpaired) electrons. The van der Waals surface area contributed by atoms with Crippen molar-refractivity contribution >= 4 is 27.5 Å². The van der Waals surface area contributed by atoms with Crippen LogP contribution in [-0.4, -0.2) is 94.5 Å². The Balaban J connectivity index is 0.000000489. The number of phenolic OH excluding ortho intramolecular Hbond substituents is 1. The van der Waals surface area contributed by atoms with E-state index in [4.69, 9.17) is 32.5 Å². The van der Waals surface area contributed by atoms with Crippen molar-refractivity contribution in [2.24, 2.45) is 11.6 Å². The zero-order valence-corrected chi connectivity index (χ0v) is 31.3. The molecular weight excluding hydrogens is 680 g/mol. The Hall–Kier alpha value is -4.97. The molecule has 0 spiro atoms. The number of halogens is 2. The molecule has 2 aromatic carbocycles. The topological polar surface area (TPSA) is 151 Å². The highest BCUT2D eigenvalue weighted by Gasteiger charge is 2.45. The molecular formula is C39H51F2N9O3. The maximum absolute atomic E-state index is 16.8. The number of rotatable bonds is 5. The number of benzene rings is 2. The molecule has 4 aliphatic heterocycles. The molecule has 14 heteroatoms. The lowest BCUT2D eigenvalue weighted by molar-refractivity contribution is 0.108. The predicted octanol–water partition coefficient (Wildman–Crippen LogP) is 5.26. The number of piperazine rings is 1. The number of nitrogens with two attached hydrogens (primary N) is 2. The molecule has 4 aliphatic rings. The molecule has 2 aromatic heterocycles. The lowest BCUT2D eigenvalue weighted by Crippen LogP contribution is -2.53. The van der Waals surface area contributed by atoms with Crippen LogP contribution in [0.4, 0.5) is 14.6 Å². The molecule has 6 heterocycles. The third kappa shape index (κ3) is 7.74. The van der Waals surface area contributed by atoms with Crippen LogP contribution in [0.3, 0.4) is 0 Å². The second kappa shape index (κ2) is 17.2. The highest BCUT2D eigenvalue weighted by molar-refractivity contribution is 6.04. The largest absolute Gasteiger partial charge is 0.508 e. The maximum Gasteiger partial charge on any atom is 0.319 e. The van der Waals surface area contributed by atoms with Gasteiger partial charge in [-0.1, -0.05) is 39.7 Å². The van der Waals surface area contributed by atoms with E-state index in [2.05, 4.69) is 31.0 Å². The van der Waals surface area contributed by atoms with Crippen molar-refractivity contribution in [1.82, 2.24) is 30.2 Å².